The number of hydrogen-bond acceptors (Lipinski definition) is 5. The van der Waals surface area contributed by atoms with E-state index in [1.165, 1.54) is 35.3 Å². The Morgan fingerprint density at radius 2 is 2.15 bits per heavy atom. The lowest BCUT2D eigenvalue weighted by atomic mass is 10.2. The summed E-state index contributed by atoms with van der Waals surface area (Å²) in [5, 5.41) is 12.6. The number of nitrogens with zero attached hydrogens (tertiary/aromatic N) is 4. The highest BCUT2D eigenvalue weighted by molar-refractivity contribution is 5.90. The molecule has 0 fully saturated rings. The van der Waals surface area contributed by atoms with E-state index in [9.17, 15) is 14.7 Å². The van der Waals surface area contributed by atoms with Gasteiger partial charge in [-0.05, 0) is 31.0 Å². The van der Waals surface area contributed by atoms with Crippen LogP contribution < -0.4 is 10.9 Å². The van der Waals surface area contributed by atoms with Gasteiger partial charge in [-0.2, -0.15) is 0 Å². The molecule has 8 nitrogen and oxygen atoms in total. The first-order valence-corrected chi connectivity index (χ1v) is 8.25. The van der Waals surface area contributed by atoms with Crippen molar-refractivity contribution in [2.75, 3.05) is 6.54 Å². The first-order valence-electron chi connectivity index (χ1n) is 8.25. The molecule has 0 atom stereocenters. The van der Waals surface area contributed by atoms with Crippen LogP contribution in [0.1, 0.15) is 12.8 Å². The zero-order valence-corrected chi connectivity index (χ0v) is 14.1. The number of benzene rings is 1. The fraction of sp³-hybridized carbons (Fsp3) is 0.222. The lowest BCUT2D eigenvalue weighted by Crippen LogP contribution is -2.23. The Bertz CT molecular complexity index is 976. The molecule has 3 rings (SSSR count). The third-order valence-electron chi connectivity index (χ3n) is 3.85. The van der Waals surface area contributed by atoms with Gasteiger partial charge in [-0.25, -0.2) is 9.97 Å². The molecule has 0 aliphatic heterocycles. The molecule has 2 aromatic heterocycles. The van der Waals surface area contributed by atoms with E-state index in [2.05, 4.69) is 15.3 Å². The van der Waals surface area contributed by atoms with Gasteiger partial charge in [-0.3, -0.25) is 14.2 Å². The Balaban J connectivity index is 1.52. The van der Waals surface area contributed by atoms with Crippen molar-refractivity contribution in [2.45, 2.75) is 19.4 Å². The van der Waals surface area contributed by atoms with E-state index in [0.29, 0.717) is 12.1 Å². The number of amides is 1. The number of carbonyl (C=O) groups is 1. The molecule has 0 saturated carbocycles. The van der Waals surface area contributed by atoms with Crippen LogP contribution in [-0.4, -0.2) is 36.7 Å². The van der Waals surface area contributed by atoms with Gasteiger partial charge in [0.2, 0.25) is 5.91 Å². The quantitative estimate of drug-likeness (QED) is 0.493. The summed E-state index contributed by atoms with van der Waals surface area (Å²) in [5.74, 6) is -0.290. The molecule has 2 N–H and O–H groups in total. The average molecular weight is 353 g/mol. The highest BCUT2D eigenvalue weighted by Gasteiger charge is 2.04. The second kappa shape index (κ2) is 8.11. The van der Waals surface area contributed by atoms with Crippen LogP contribution in [0.25, 0.3) is 17.1 Å². The fourth-order valence-electron chi connectivity index (χ4n) is 2.49. The summed E-state index contributed by atoms with van der Waals surface area (Å²) in [5.41, 5.74) is 0.134. The standard InChI is InChI=1S/C18H19N5O3/c24-14-3-4-16-15(11-14)18(26)23(13-21-16)9-5-17(25)20-6-1-2-8-22-10-7-19-12-22/h3-5,7,9-13,24H,1-2,6,8H2,(H,20,25). The topological polar surface area (TPSA) is 102 Å². The van der Waals surface area contributed by atoms with Crippen LogP contribution in [0, 0.1) is 0 Å². The lowest BCUT2D eigenvalue weighted by molar-refractivity contribution is -0.116. The third kappa shape index (κ3) is 4.35. The predicted octanol–water partition coefficient (Wildman–Crippen LogP) is 1.37. The molecule has 3 aromatic rings. The summed E-state index contributed by atoms with van der Waals surface area (Å²) in [6.07, 6.45) is 11.2. The van der Waals surface area contributed by atoms with Gasteiger partial charge in [-0.1, -0.05) is 0 Å². The van der Waals surface area contributed by atoms with Gasteiger partial charge in [0, 0.05) is 37.8 Å². The molecule has 0 radical (unpaired) electrons. The van der Waals surface area contributed by atoms with Crippen LogP contribution in [0.3, 0.4) is 0 Å². The average Bonchev–Trinajstić information content (AvgIpc) is 3.15. The monoisotopic (exact) mass is 353 g/mol. The Kier molecular flexibility index (Phi) is 5.43. The minimum absolute atomic E-state index is 0.00781. The third-order valence-corrected chi connectivity index (χ3v) is 3.85. The van der Waals surface area contributed by atoms with Crippen molar-refractivity contribution in [3.8, 4) is 5.75 Å². The van der Waals surface area contributed by atoms with Crippen molar-refractivity contribution in [3.63, 3.8) is 0 Å². The summed E-state index contributed by atoms with van der Waals surface area (Å²) < 4.78 is 3.19. The zero-order valence-electron chi connectivity index (χ0n) is 14.1. The summed E-state index contributed by atoms with van der Waals surface area (Å²) in [4.78, 5) is 32.3. The number of unbranched alkanes of at least 4 members (excludes halogenated alkanes) is 1. The van der Waals surface area contributed by atoms with E-state index in [1.807, 2.05) is 10.8 Å². The predicted molar refractivity (Wildman–Crippen MR) is 97.5 cm³/mol. The molecular weight excluding hydrogens is 334 g/mol. The Morgan fingerprint density at radius 1 is 1.27 bits per heavy atom. The number of aromatic nitrogens is 4. The van der Waals surface area contributed by atoms with E-state index < -0.39 is 0 Å². The largest absolute Gasteiger partial charge is 0.508 e. The summed E-state index contributed by atoms with van der Waals surface area (Å²) in [6.45, 7) is 1.41. The smallest absolute Gasteiger partial charge is 0.265 e. The number of imidazole rings is 1. The molecule has 0 unspecified atom stereocenters. The van der Waals surface area contributed by atoms with Crippen molar-refractivity contribution in [3.05, 3.63) is 59.7 Å². The number of fused-ring (bicyclic) bond motifs is 1. The molecule has 0 aliphatic rings. The Labute approximate surface area is 149 Å². The van der Waals surface area contributed by atoms with E-state index in [4.69, 9.17) is 0 Å². The first-order chi connectivity index (χ1) is 12.6. The summed E-state index contributed by atoms with van der Waals surface area (Å²) >= 11 is 0. The van der Waals surface area contributed by atoms with Crippen LogP contribution in [0.5, 0.6) is 5.75 Å². The fourth-order valence-corrected chi connectivity index (χ4v) is 2.49. The molecule has 8 heteroatoms. The second-order valence-electron chi connectivity index (χ2n) is 5.77. The van der Waals surface area contributed by atoms with E-state index in [-0.39, 0.29) is 22.6 Å². The molecule has 0 bridgehead atoms. The molecule has 26 heavy (non-hydrogen) atoms. The minimum Gasteiger partial charge on any atom is -0.508 e. The van der Waals surface area contributed by atoms with Crippen molar-refractivity contribution >= 4 is 23.0 Å². The first kappa shape index (κ1) is 17.4. The van der Waals surface area contributed by atoms with E-state index >= 15 is 0 Å². The molecule has 1 aromatic carbocycles. The SMILES string of the molecule is O=C(C=Cn1cnc2ccc(O)cc2c1=O)NCCCCn1ccnc1. The van der Waals surface area contributed by atoms with Crippen molar-refractivity contribution in [1.82, 2.24) is 24.4 Å². The summed E-state index contributed by atoms with van der Waals surface area (Å²) in [7, 11) is 0. The van der Waals surface area contributed by atoms with Gasteiger partial charge in [0.15, 0.2) is 0 Å². The van der Waals surface area contributed by atoms with Gasteiger partial charge in [-0.15, -0.1) is 0 Å². The molecule has 134 valence electrons. The molecule has 0 saturated heterocycles. The number of carbonyl (C=O) groups excluding carboxylic acids is 1. The number of hydrogen-bond donors (Lipinski definition) is 2. The number of aromatic hydroxyl groups is 1. The van der Waals surface area contributed by atoms with Crippen LogP contribution in [0.4, 0.5) is 0 Å². The van der Waals surface area contributed by atoms with Gasteiger partial charge in [0.1, 0.15) is 12.1 Å². The number of aryl methyl sites for hydroxylation is 1. The van der Waals surface area contributed by atoms with Crippen LogP contribution in [0.15, 0.2) is 54.1 Å². The maximum atomic E-state index is 12.3. The van der Waals surface area contributed by atoms with Crippen LogP contribution in [-0.2, 0) is 11.3 Å². The van der Waals surface area contributed by atoms with E-state index in [0.717, 1.165) is 19.4 Å². The lowest BCUT2D eigenvalue weighted by Gasteiger charge is -2.04. The number of nitrogens with one attached hydrogen (secondary N) is 1. The second-order valence-corrected chi connectivity index (χ2v) is 5.77. The van der Waals surface area contributed by atoms with Gasteiger partial charge >= 0.3 is 0 Å². The molecular formula is C18H19N5O3. The van der Waals surface area contributed by atoms with Gasteiger partial charge in [0.05, 0.1) is 17.2 Å². The highest BCUT2D eigenvalue weighted by Crippen LogP contribution is 2.14. The van der Waals surface area contributed by atoms with E-state index in [1.54, 1.807) is 18.6 Å². The normalized spacial score (nSPS) is 11.2. The summed E-state index contributed by atoms with van der Waals surface area (Å²) in [6, 6.07) is 4.39. The maximum absolute atomic E-state index is 12.3. The molecule has 1 amide bonds. The zero-order chi connectivity index (χ0) is 18.4. The van der Waals surface area contributed by atoms with Crippen LogP contribution in [0.2, 0.25) is 0 Å². The maximum Gasteiger partial charge on any atom is 0.265 e. The van der Waals surface area contributed by atoms with Gasteiger partial charge in [0.25, 0.3) is 5.56 Å². The Hall–Kier alpha value is -3.42. The van der Waals surface area contributed by atoms with Crippen molar-refractivity contribution in [2.24, 2.45) is 0 Å². The molecule has 0 aliphatic carbocycles. The Morgan fingerprint density at radius 3 is 2.96 bits per heavy atom. The van der Waals surface area contributed by atoms with Gasteiger partial charge < -0.3 is 15.0 Å². The number of rotatable bonds is 7. The molecule has 2 heterocycles. The van der Waals surface area contributed by atoms with Crippen LogP contribution >= 0.6 is 0 Å². The van der Waals surface area contributed by atoms with Crippen molar-refractivity contribution < 1.29 is 9.90 Å². The highest BCUT2D eigenvalue weighted by atomic mass is 16.3. The molecule has 0 spiro atoms. The minimum atomic E-state index is -0.352. The van der Waals surface area contributed by atoms with Crippen molar-refractivity contribution in [1.29, 1.82) is 0 Å². The number of phenolic OH excluding ortho intramolecular Hbond substituents is 1. The number of phenols is 1.